The van der Waals surface area contributed by atoms with Crippen LogP contribution in [-0.2, 0) is 21.2 Å². The third-order valence-corrected chi connectivity index (χ3v) is 7.70. The van der Waals surface area contributed by atoms with Crippen molar-refractivity contribution in [1.29, 1.82) is 0 Å². The Morgan fingerprint density at radius 1 is 1.00 bits per heavy atom. The van der Waals surface area contributed by atoms with E-state index in [1.165, 1.54) is 12.1 Å². The molecule has 32 heavy (non-hydrogen) atoms. The number of benzene rings is 3. The molecule has 0 N–H and O–H groups in total. The lowest BCUT2D eigenvalue weighted by Gasteiger charge is -2.25. The van der Waals surface area contributed by atoms with Crippen LogP contribution in [0, 0.1) is 20.8 Å². The van der Waals surface area contributed by atoms with Gasteiger partial charge in [-0.3, -0.25) is 4.79 Å². The van der Waals surface area contributed by atoms with E-state index in [9.17, 15) is 13.2 Å². The Kier molecular flexibility index (Phi) is 7.41. The Balaban J connectivity index is 2.00. The molecular formula is C25H26BrNO4S. The highest BCUT2D eigenvalue weighted by Gasteiger charge is 2.32. The van der Waals surface area contributed by atoms with Gasteiger partial charge >= 0.3 is 0 Å². The molecule has 0 saturated heterocycles. The Morgan fingerprint density at radius 2 is 1.69 bits per heavy atom. The van der Waals surface area contributed by atoms with E-state index in [-0.39, 0.29) is 4.90 Å². The van der Waals surface area contributed by atoms with Crippen LogP contribution in [0.15, 0.2) is 70.0 Å². The molecule has 0 aromatic heterocycles. The van der Waals surface area contributed by atoms with Gasteiger partial charge in [0, 0.05) is 0 Å². The number of carbonyl (C=O) groups excluding carboxylic acids is 1. The van der Waals surface area contributed by atoms with E-state index in [2.05, 4.69) is 15.9 Å². The molecule has 5 nitrogen and oxygen atoms in total. The minimum atomic E-state index is -4.14. The first kappa shape index (κ1) is 24.0. The van der Waals surface area contributed by atoms with Gasteiger partial charge in [0.05, 0.1) is 15.1 Å². The number of ether oxygens (including phenoxy) is 1. The van der Waals surface area contributed by atoms with Gasteiger partial charge in [0.15, 0.2) is 6.61 Å². The number of anilines is 1. The van der Waals surface area contributed by atoms with Gasteiger partial charge in [0.1, 0.15) is 5.75 Å². The predicted octanol–water partition coefficient (Wildman–Crippen LogP) is 5.74. The maximum atomic E-state index is 13.6. The third-order valence-electron chi connectivity index (χ3n) is 5.34. The van der Waals surface area contributed by atoms with Crippen LogP contribution < -0.4 is 9.04 Å². The molecule has 0 radical (unpaired) electrons. The number of sulfonamides is 1. The zero-order chi connectivity index (χ0) is 23.5. The van der Waals surface area contributed by atoms with Gasteiger partial charge in [0.2, 0.25) is 0 Å². The van der Waals surface area contributed by atoms with Crippen molar-refractivity contribution in [2.75, 3.05) is 10.9 Å². The molecular weight excluding hydrogens is 490 g/mol. The topological polar surface area (TPSA) is 63.7 Å². The van der Waals surface area contributed by atoms with Gasteiger partial charge in [-0.25, -0.2) is 8.42 Å². The maximum absolute atomic E-state index is 13.6. The number of amides is 1. The van der Waals surface area contributed by atoms with Crippen LogP contribution in [0.5, 0.6) is 5.75 Å². The van der Waals surface area contributed by atoms with Crippen LogP contribution in [-0.4, -0.2) is 20.9 Å². The fourth-order valence-electron chi connectivity index (χ4n) is 3.25. The summed E-state index contributed by atoms with van der Waals surface area (Å²) >= 11 is 3.46. The van der Waals surface area contributed by atoms with Gasteiger partial charge < -0.3 is 4.74 Å². The summed E-state index contributed by atoms with van der Waals surface area (Å²) in [6.07, 6.45) is 0.868. The summed E-state index contributed by atoms with van der Waals surface area (Å²) in [5, 5.41) is 0. The summed E-state index contributed by atoms with van der Waals surface area (Å²) in [7, 11) is -4.14. The highest BCUT2D eigenvalue weighted by Crippen LogP contribution is 2.30. The first-order valence-electron chi connectivity index (χ1n) is 10.3. The van der Waals surface area contributed by atoms with Gasteiger partial charge in [-0.15, -0.1) is 0 Å². The Bertz CT molecular complexity index is 1240. The Morgan fingerprint density at radius 3 is 2.31 bits per heavy atom. The summed E-state index contributed by atoms with van der Waals surface area (Å²) in [5.74, 6) is -0.199. The lowest BCUT2D eigenvalue weighted by atomic mass is 10.1. The highest BCUT2D eigenvalue weighted by molar-refractivity contribution is 9.10. The first-order chi connectivity index (χ1) is 15.1. The largest absolute Gasteiger partial charge is 0.483 e. The van der Waals surface area contributed by atoms with E-state index < -0.39 is 22.5 Å². The Hall–Kier alpha value is -2.64. The van der Waals surface area contributed by atoms with Crippen LogP contribution in [0.4, 0.5) is 5.69 Å². The monoisotopic (exact) mass is 515 g/mol. The molecule has 0 fully saturated rings. The van der Waals surface area contributed by atoms with Gasteiger partial charge in [-0.2, -0.15) is 4.31 Å². The van der Waals surface area contributed by atoms with Crippen molar-refractivity contribution in [1.82, 2.24) is 0 Å². The number of rotatable bonds is 7. The molecule has 7 heteroatoms. The number of hydrogen-bond acceptors (Lipinski definition) is 4. The number of hydrogen-bond donors (Lipinski definition) is 0. The van der Waals surface area contributed by atoms with Gasteiger partial charge in [-0.05, 0) is 90.1 Å². The maximum Gasteiger partial charge on any atom is 0.278 e. The highest BCUT2D eigenvalue weighted by atomic mass is 79.9. The summed E-state index contributed by atoms with van der Waals surface area (Å²) in [6, 6.07) is 17.3. The predicted molar refractivity (Wildman–Crippen MR) is 131 cm³/mol. The van der Waals surface area contributed by atoms with Crippen LogP contribution in [0.25, 0.3) is 0 Å². The van der Waals surface area contributed by atoms with Crippen LogP contribution >= 0.6 is 15.9 Å². The molecule has 0 saturated carbocycles. The van der Waals surface area contributed by atoms with E-state index in [0.29, 0.717) is 21.5 Å². The molecule has 0 aliphatic heterocycles. The zero-order valence-electron chi connectivity index (χ0n) is 18.6. The molecule has 3 aromatic rings. The van der Waals surface area contributed by atoms with Crippen molar-refractivity contribution < 1.29 is 17.9 Å². The van der Waals surface area contributed by atoms with Crippen molar-refractivity contribution in [3.8, 4) is 5.75 Å². The summed E-state index contributed by atoms with van der Waals surface area (Å²) in [4.78, 5) is 13.4. The molecule has 1 amide bonds. The SMILES string of the molecule is CCc1ccc(OCC(=O)N(c2cccc(C)c2C)S(=O)(=O)c2ccc(C)cc2)c(Br)c1. The van der Waals surface area contributed by atoms with Crippen molar-refractivity contribution in [2.24, 2.45) is 0 Å². The average molecular weight is 516 g/mol. The lowest BCUT2D eigenvalue weighted by molar-refractivity contribution is -0.119. The molecule has 168 valence electrons. The molecule has 3 aromatic carbocycles. The minimum Gasteiger partial charge on any atom is -0.483 e. The van der Waals surface area contributed by atoms with Crippen LogP contribution in [0.3, 0.4) is 0 Å². The van der Waals surface area contributed by atoms with Crippen LogP contribution in [0.1, 0.15) is 29.2 Å². The number of carbonyl (C=O) groups is 1. The van der Waals surface area contributed by atoms with E-state index in [0.717, 1.165) is 27.4 Å². The second kappa shape index (κ2) is 9.88. The number of nitrogens with zero attached hydrogens (tertiary/aromatic N) is 1. The van der Waals surface area contributed by atoms with E-state index in [1.54, 1.807) is 37.3 Å². The van der Waals surface area contributed by atoms with Crippen molar-refractivity contribution >= 4 is 37.5 Å². The molecule has 0 atom stereocenters. The fraction of sp³-hybridized carbons (Fsp3) is 0.240. The van der Waals surface area contributed by atoms with Gasteiger partial charge in [0.25, 0.3) is 15.9 Å². The van der Waals surface area contributed by atoms with Crippen molar-refractivity contribution in [3.05, 3.63) is 87.4 Å². The van der Waals surface area contributed by atoms with Gasteiger partial charge in [-0.1, -0.05) is 42.8 Å². The molecule has 3 rings (SSSR count). The summed E-state index contributed by atoms with van der Waals surface area (Å²) in [6.45, 7) is 7.17. The molecule has 0 aliphatic carbocycles. The average Bonchev–Trinajstić information content (AvgIpc) is 2.76. The Labute approximate surface area is 198 Å². The van der Waals surface area contributed by atoms with E-state index in [1.807, 2.05) is 39.0 Å². The first-order valence-corrected chi connectivity index (χ1v) is 12.5. The molecule has 0 unspecified atom stereocenters. The molecule has 0 bridgehead atoms. The quantitative estimate of drug-likeness (QED) is 0.402. The molecule has 0 heterocycles. The van der Waals surface area contributed by atoms with Crippen LogP contribution in [0.2, 0.25) is 0 Å². The standard InChI is InChI=1S/C25H26BrNO4S/c1-5-20-11-14-24(22(26)15-20)31-16-25(28)27(23-8-6-7-18(3)19(23)4)32(29,30)21-12-9-17(2)10-13-21/h6-15H,5,16H2,1-4H3. The van der Waals surface area contributed by atoms with Crippen molar-refractivity contribution in [3.63, 3.8) is 0 Å². The van der Waals surface area contributed by atoms with Crippen molar-refractivity contribution in [2.45, 2.75) is 39.0 Å². The lowest BCUT2D eigenvalue weighted by Crippen LogP contribution is -2.40. The zero-order valence-corrected chi connectivity index (χ0v) is 21.0. The smallest absolute Gasteiger partial charge is 0.278 e. The minimum absolute atomic E-state index is 0.0471. The normalized spacial score (nSPS) is 11.3. The number of halogens is 1. The van der Waals surface area contributed by atoms with E-state index >= 15 is 0 Å². The second-order valence-electron chi connectivity index (χ2n) is 7.60. The molecule has 0 aliphatic rings. The molecule has 0 spiro atoms. The summed E-state index contributed by atoms with van der Waals surface area (Å²) < 4.78 is 34.4. The van der Waals surface area contributed by atoms with E-state index in [4.69, 9.17) is 4.74 Å². The third kappa shape index (κ3) is 5.05. The fourth-order valence-corrected chi connectivity index (χ4v) is 5.26. The summed E-state index contributed by atoms with van der Waals surface area (Å²) in [5.41, 5.74) is 3.97. The second-order valence-corrected chi connectivity index (χ2v) is 10.2. The number of aryl methyl sites for hydroxylation is 3.